The molecule has 0 aliphatic carbocycles. The predicted molar refractivity (Wildman–Crippen MR) is 344 cm³/mol. The summed E-state index contributed by atoms with van der Waals surface area (Å²) >= 11 is 0. The van der Waals surface area contributed by atoms with Crippen LogP contribution < -0.4 is 0 Å². The standard InChI is InChI=1S/C73H130O6/c1-4-7-10-13-16-19-22-25-27-29-31-33-35-36-38-39-41-43-45-48-51-54-57-60-63-66-72(75)78-69-70(68-77-71(74)65-62-59-56-53-50-47-24-21-18-15-12-9-6-3)79-73(76)67-64-61-58-55-52-49-46-44-42-40-37-34-32-30-28-26-23-20-17-14-11-8-5-2/h9,12,18,21,23,26,30,32,37,40,47,50,70H,4-8,10-11,13-17,19-20,22,24-25,27-29,31,33-36,38-39,41-46,48-49,51-69H2,1-3H3/b12-9-,21-18-,26-23-,32-30-,40-37-,50-47-. The van der Waals surface area contributed by atoms with Gasteiger partial charge < -0.3 is 14.2 Å². The molecule has 0 radical (unpaired) electrons. The minimum Gasteiger partial charge on any atom is -0.462 e. The third-order valence-electron chi connectivity index (χ3n) is 15.2. The average molecular weight is 1100 g/mol. The average Bonchev–Trinajstić information content (AvgIpc) is 3.45. The van der Waals surface area contributed by atoms with Crippen molar-refractivity contribution in [3.8, 4) is 0 Å². The monoisotopic (exact) mass is 1100 g/mol. The van der Waals surface area contributed by atoms with Crippen LogP contribution in [0.1, 0.15) is 355 Å². The Labute approximate surface area is 491 Å². The van der Waals surface area contributed by atoms with Gasteiger partial charge in [0, 0.05) is 19.3 Å². The topological polar surface area (TPSA) is 78.9 Å². The summed E-state index contributed by atoms with van der Waals surface area (Å²) in [6.45, 7) is 6.53. The summed E-state index contributed by atoms with van der Waals surface area (Å²) in [5.74, 6) is -0.905. The Morgan fingerprint density at radius 3 is 0.785 bits per heavy atom. The summed E-state index contributed by atoms with van der Waals surface area (Å²) in [5.41, 5.74) is 0. The van der Waals surface area contributed by atoms with E-state index in [1.165, 1.54) is 212 Å². The minimum atomic E-state index is -0.792. The smallest absolute Gasteiger partial charge is 0.306 e. The largest absolute Gasteiger partial charge is 0.462 e. The van der Waals surface area contributed by atoms with E-state index in [1.807, 2.05) is 0 Å². The molecule has 1 unspecified atom stereocenters. The number of esters is 3. The molecule has 0 fully saturated rings. The number of rotatable bonds is 63. The summed E-state index contributed by atoms with van der Waals surface area (Å²) in [5, 5.41) is 0. The van der Waals surface area contributed by atoms with Gasteiger partial charge in [-0.15, -0.1) is 0 Å². The molecule has 0 saturated carbocycles. The summed E-state index contributed by atoms with van der Waals surface area (Å²) in [6, 6.07) is 0. The van der Waals surface area contributed by atoms with Crippen molar-refractivity contribution in [2.75, 3.05) is 13.2 Å². The molecule has 0 aromatic heterocycles. The molecule has 1 atom stereocenters. The quantitative estimate of drug-likeness (QED) is 0.0261. The Hall–Kier alpha value is -3.15. The molecule has 0 heterocycles. The van der Waals surface area contributed by atoms with Gasteiger partial charge in [-0.1, -0.05) is 318 Å². The predicted octanol–water partition coefficient (Wildman–Crippen LogP) is 23.7. The first-order chi connectivity index (χ1) is 39.0. The summed E-state index contributed by atoms with van der Waals surface area (Å²) < 4.78 is 16.9. The Kier molecular flexibility index (Phi) is 64.7. The summed E-state index contributed by atoms with van der Waals surface area (Å²) in [7, 11) is 0. The van der Waals surface area contributed by atoms with E-state index in [0.717, 1.165) is 103 Å². The van der Waals surface area contributed by atoms with Gasteiger partial charge in [-0.25, -0.2) is 0 Å². The highest BCUT2D eigenvalue weighted by atomic mass is 16.6. The number of hydrogen-bond donors (Lipinski definition) is 0. The first-order valence-corrected chi connectivity index (χ1v) is 34.4. The normalized spacial score (nSPS) is 12.5. The van der Waals surface area contributed by atoms with Gasteiger partial charge in [0.25, 0.3) is 0 Å². The van der Waals surface area contributed by atoms with E-state index in [1.54, 1.807) is 0 Å². The first kappa shape index (κ1) is 75.8. The van der Waals surface area contributed by atoms with E-state index in [4.69, 9.17) is 14.2 Å². The van der Waals surface area contributed by atoms with E-state index in [0.29, 0.717) is 19.3 Å². The van der Waals surface area contributed by atoms with Crippen LogP contribution in [0.3, 0.4) is 0 Å². The van der Waals surface area contributed by atoms with Gasteiger partial charge in [-0.3, -0.25) is 14.4 Å². The van der Waals surface area contributed by atoms with Crippen LogP contribution in [0.5, 0.6) is 0 Å². The number of hydrogen-bond acceptors (Lipinski definition) is 6. The lowest BCUT2D eigenvalue weighted by Gasteiger charge is -2.18. The van der Waals surface area contributed by atoms with Crippen LogP contribution in [0.2, 0.25) is 0 Å². The molecular weight excluding hydrogens is 973 g/mol. The Morgan fingerprint density at radius 1 is 0.266 bits per heavy atom. The summed E-state index contributed by atoms with van der Waals surface area (Å²) in [4.78, 5) is 38.4. The molecule has 0 aliphatic rings. The number of carbonyl (C=O) groups excluding carboxylic acids is 3. The van der Waals surface area contributed by atoms with Gasteiger partial charge in [0.2, 0.25) is 0 Å². The molecule has 0 N–H and O–H groups in total. The number of carbonyl (C=O) groups is 3. The van der Waals surface area contributed by atoms with Crippen molar-refractivity contribution in [1.82, 2.24) is 0 Å². The molecule has 0 aliphatic heterocycles. The molecule has 79 heavy (non-hydrogen) atoms. The Balaban J connectivity index is 4.29. The van der Waals surface area contributed by atoms with Crippen molar-refractivity contribution in [1.29, 1.82) is 0 Å². The number of allylic oxidation sites excluding steroid dienone is 12. The van der Waals surface area contributed by atoms with Crippen molar-refractivity contribution < 1.29 is 28.6 Å². The van der Waals surface area contributed by atoms with Crippen molar-refractivity contribution in [3.63, 3.8) is 0 Å². The Bertz CT molecular complexity index is 1450. The van der Waals surface area contributed by atoms with Crippen LogP contribution in [0.4, 0.5) is 0 Å². The maximum atomic E-state index is 12.9. The zero-order valence-corrected chi connectivity index (χ0v) is 52.6. The molecule has 0 bridgehead atoms. The number of ether oxygens (including phenoxy) is 3. The zero-order chi connectivity index (χ0) is 57.1. The molecule has 0 amide bonds. The highest BCUT2D eigenvalue weighted by Crippen LogP contribution is 2.18. The first-order valence-electron chi connectivity index (χ1n) is 34.4. The molecule has 0 spiro atoms. The highest BCUT2D eigenvalue weighted by molar-refractivity contribution is 5.71. The van der Waals surface area contributed by atoms with Crippen molar-refractivity contribution >= 4 is 17.9 Å². The van der Waals surface area contributed by atoms with Crippen LogP contribution in [0.15, 0.2) is 72.9 Å². The maximum absolute atomic E-state index is 12.9. The van der Waals surface area contributed by atoms with E-state index in [9.17, 15) is 14.4 Å². The molecule has 0 aromatic carbocycles. The van der Waals surface area contributed by atoms with E-state index >= 15 is 0 Å². The zero-order valence-electron chi connectivity index (χ0n) is 52.6. The van der Waals surface area contributed by atoms with Gasteiger partial charge in [-0.05, 0) is 89.9 Å². The second-order valence-electron chi connectivity index (χ2n) is 23.1. The fourth-order valence-electron chi connectivity index (χ4n) is 10.1. The highest BCUT2D eigenvalue weighted by Gasteiger charge is 2.19. The molecule has 0 rings (SSSR count). The lowest BCUT2D eigenvalue weighted by atomic mass is 10.0. The second kappa shape index (κ2) is 67.4. The van der Waals surface area contributed by atoms with Gasteiger partial charge >= 0.3 is 17.9 Å². The van der Waals surface area contributed by atoms with E-state index in [-0.39, 0.29) is 31.1 Å². The fraction of sp³-hybridized carbons (Fsp3) is 0.795. The molecule has 0 saturated heterocycles. The molecular formula is C73H130O6. The van der Waals surface area contributed by atoms with Crippen LogP contribution in [0.25, 0.3) is 0 Å². The van der Waals surface area contributed by atoms with Crippen molar-refractivity contribution in [3.05, 3.63) is 72.9 Å². The van der Waals surface area contributed by atoms with Gasteiger partial charge in [0.05, 0.1) is 0 Å². The fourth-order valence-corrected chi connectivity index (χ4v) is 10.1. The van der Waals surface area contributed by atoms with E-state index in [2.05, 4.69) is 93.7 Å². The molecule has 6 nitrogen and oxygen atoms in total. The third kappa shape index (κ3) is 65.5. The SMILES string of the molecule is CC/C=C\C/C=C\C/C=C\CCCCCC(=O)OCC(COC(=O)CCCCCCCCCCCCCCCCCCCCCCCCCCC)OC(=O)CCCCCCCCCC/C=C\C/C=C\C/C=C\CCCCCCC. The van der Waals surface area contributed by atoms with Gasteiger partial charge in [0.1, 0.15) is 13.2 Å². The number of unbranched alkanes of at least 4 members (excludes halogenated alkanes) is 40. The van der Waals surface area contributed by atoms with E-state index < -0.39 is 6.10 Å². The van der Waals surface area contributed by atoms with Crippen LogP contribution in [-0.4, -0.2) is 37.2 Å². The summed E-state index contributed by atoms with van der Waals surface area (Å²) in [6.07, 6.45) is 87.9. The van der Waals surface area contributed by atoms with Crippen LogP contribution in [0, 0.1) is 0 Å². The van der Waals surface area contributed by atoms with Gasteiger partial charge in [-0.2, -0.15) is 0 Å². The Morgan fingerprint density at radius 2 is 0.494 bits per heavy atom. The van der Waals surface area contributed by atoms with Crippen molar-refractivity contribution in [2.24, 2.45) is 0 Å². The second-order valence-corrected chi connectivity index (χ2v) is 23.1. The van der Waals surface area contributed by atoms with Crippen molar-refractivity contribution in [2.45, 2.75) is 361 Å². The molecule has 0 aromatic rings. The van der Waals surface area contributed by atoms with Crippen LogP contribution in [-0.2, 0) is 28.6 Å². The van der Waals surface area contributed by atoms with Gasteiger partial charge in [0.15, 0.2) is 6.10 Å². The minimum absolute atomic E-state index is 0.0850. The lowest BCUT2D eigenvalue weighted by molar-refractivity contribution is -0.167. The maximum Gasteiger partial charge on any atom is 0.306 e. The third-order valence-corrected chi connectivity index (χ3v) is 15.2. The van der Waals surface area contributed by atoms with Crippen LogP contribution >= 0.6 is 0 Å². The molecule has 6 heteroatoms. The lowest BCUT2D eigenvalue weighted by Crippen LogP contribution is -2.30. The molecule has 458 valence electrons.